The molecule has 0 aromatic heterocycles. The monoisotopic (exact) mass is 336 g/mol. The van der Waals surface area contributed by atoms with E-state index >= 15 is 0 Å². The molecule has 0 spiro atoms. The highest BCUT2D eigenvalue weighted by molar-refractivity contribution is 5.89. The van der Waals surface area contributed by atoms with E-state index in [-0.39, 0.29) is 6.61 Å². The van der Waals surface area contributed by atoms with Crippen LogP contribution in [0.5, 0.6) is 0 Å². The molecule has 0 bridgehead atoms. The second-order valence-electron chi connectivity index (χ2n) is 6.18. The third-order valence-corrected chi connectivity index (χ3v) is 3.78. The van der Waals surface area contributed by atoms with Gasteiger partial charge in [0, 0.05) is 6.92 Å². The van der Waals surface area contributed by atoms with Gasteiger partial charge in [0.1, 0.15) is 12.7 Å². The summed E-state index contributed by atoms with van der Waals surface area (Å²) in [4.78, 5) is 23.4. The van der Waals surface area contributed by atoms with E-state index in [2.05, 4.69) is 0 Å². The van der Waals surface area contributed by atoms with E-state index in [0.29, 0.717) is 5.56 Å². The highest BCUT2D eigenvalue weighted by Crippen LogP contribution is 2.38. The molecule has 7 heteroatoms. The molecule has 1 aromatic rings. The van der Waals surface area contributed by atoms with Crippen LogP contribution in [0.15, 0.2) is 30.3 Å². The van der Waals surface area contributed by atoms with Gasteiger partial charge >= 0.3 is 11.9 Å². The van der Waals surface area contributed by atoms with Gasteiger partial charge in [-0.2, -0.15) is 0 Å². The highest BCUT2D eigenvalue weighted by Gasteiger charge is 2.56. The maximum atomic E-state index is 12.0. The molecule has 7 nitrogen and oxygen atoms in total. The SMILES string of the molecule is CC(=O)OC1C(COC(=O)c2ccccc2)OC2OC(C)(C)OC21. The fraction of sp³-hybridized carbons (Fsp3) is 0.529. The van der Waals surface area contributed by atoms with Gasteiger partial charge in [-0.1, -0.05) is 18.2 Å². The largest absolute Gasteiger partial charge is 0.459 e. The molecule has 3 rings (SSSR count). The number of hydrogen-bond acceptors (Lipinski definition) is 7. The Morgan fingerprint density at radius 1 is 1.17 bits per heavy atom. The number of ether oxygens (including phenoxy) is 5. The molecule has 4 unspecified atom stereocenters. The highest BCUT2D eigenvalue weighted by atomic mass is 16.8. The summed E-state index contributed by atoms with van der Waals surface area (Å²) in [6.07, 6.45) is -2.56. The topological polar surface area (TPSA) is 80.3 Å². The van der Waals surface area contributed by atoms with Crippen LogP contribution in [-0.2, 0) is 28.5 Å². The van der Waals surface area contributed by atoms with Crippen molar-refractivity contribution in [3.63, 3.8) is 0 Å². The zero-order chi connectivity index (χ0) is 17.3. The summed E-state index contributed by atoms with van der Waals surface area (Å²) < 4.78 is 27.7. The third kappa shape index (κ3) is 3.58. The molecular weight excluding hydrogens is 316 g/mol. The molecular formula is C17H20O7. The van der Waals surface area contributed by atoms with Crippen molar-refractivity contribution in [2.45, 2.75) is 51.2 Å². The molecule has 2 aliphatic rings. The van der Waals surface area contributed by atoms with Gasteiger partial charge in [-0.3, -0.25) is 4.79 Å². The normalized spacial score (nSPS) is 30.6. The van der Waals surface area contributed by atoms with E-state index in [9.17, 15) is 9.59 Å². The van der Waals surface area contributed by atoms with E-state index < -0.39 is 42.3 Å². The quantitative estimate of drug-likeness (QED) is 0.773. The summed E-state index contributed by atoms with van der Waals surface area (Å²) >= 11 is 0. The van der Waals surface area contributed by atoms with E-state index in [1.807, 2.05) is 6.07 Å². The molecule has 130 valence electrons. The van der Waals surface area contributed by atoms with Crippen LogP contribution in [0.25, 0.3) is 0 Å². The lowest BCUT2D eigenvalue weighted by Gasteiger charge is -2.25. The lowest BCUT2D eigenvalue weighted by molar-refractivity contribution is -0.221. The number of fused-ring (bicyclic) bond motifs is 1. The summed E-state index contributed by atoms with van der Waals surface area (Å²) in [5.74, 6) is -1.75. The average molecular weight is 336 g/mol. The number of benzene rings is 1. The molecule has 24 heavy (non-hydrogen) atoms. The maximum Gasteiger partial charge on any atom is 0.338 e. The number of carbonyl (C=O) groups excluding carboxylic acids is 2. The maximum absolute atomic E-state index is 12.0. The van der Waals surface area contributed by atoms with E-state index in [1.165, 1.54) is 6.92 Å². The summed E-state index contributed by atoms with van der Waals surface area (Å²) in [5.41, 5.74) is 0.438. The van der Waals surface area contributed by atoms with E-state index in [1.54, 1.807) is 38.1 Å². The molecule has 2 saturated heterocycles. The molecule has 2 aliphatic heterocycles. The Hall–Kier alpha value is -1.96. The molecule has 2 heterocycles. The second kappa shape index (κ2) is 6.51. The van der Waals surface area contributed by atoms with Crippen LogP contribution in [-0.4, -0.2) is 48.9 Å². The number of esters is 2. The average Bonchev–Trinajstić information content (AvgIpc) is 2.98. The third-order valence-electron chi connectivity index (χ3n) is 3.78. The fourth-order valence-electron chi connectivity index (χ4n) is 2.83. The molecule has 0 radical (unpaired) electrons. The van der Waals surface area contributed by atoms with Crippen LogP contribution in [0.1, 0.15) is 31.1 Å². The van der Waals surface area contributed by atoms with Crippen molar-refractivity contribution < 1.29 is 33.3 Å². The van der Waals surface area contributed by atoms with E-state index in [4.69, 9.17) is 23.7 Å². The predicted molar refractivity (Wildman–Crippen MR) is 81.0 cm³/mol. The first kappa shape index (κ1) is 16.9. The molecule has 0 N–H and O–H groups in total. The Morgan fingerprint density at radius 2 is 1.88 bits per heavy atom. The molecule has 0 amide bonds. The zero-order valence-corrected chi connectivity index (χ0v) is 13.8. The molecule has 2 fully saturated rings. The van der Waals surface area contributed by atoms with Crippen LogP contribution >= 0.6 is 0 Å². The van der Waals surface area contributed by atoms with Crippen LogP contribution in [0, 0.1) is 0 Å². The minimum absolute atomic E-state index is 0.0637. The van der Waals surface area contributed by atoms with Crippen LogP contribution in [0.2, 0.25) is 0 Å². The minimum atomic E-state index is -0.820. The van der Waals surface area contributed by atoms with E-state index in [0.717, 1.165) is 0 Å². The molecule has 4 atom stereocenters. The van der Waals surface area contributed by atoms with Crippen molar-refractivity contribution in [3.8, 4) is 0 Å². The number of carbonyl (C=O) groups is 2. The van der Waals surface area contributed by atoms with Gasteiger partial charge in [0.15, 0.2) is 24.3 Å². The first-order chi connectivity index (χ1) is 11.4. The Bertz CT molecular complexity index is 613. The lowest BCUT2D eigenvalue weighted by atomic mass is 10.1. The summed E-state index contributed by atoms with van der Waals surface area (Å²) in [6, 6.07) is 8.62. The Kier molecular flexibility index (Phi) is 4.58. The fourth-order valence-corrected chi connectivity index (χ4v) is 2.83. The van der Waals surface area contributed by atoms with Crippen molar-refractivity contribution in [1.29, 1.82) is 0 Å². The zero-order valence-electron chi connectivity index (χ0n) is 13.8. The number of hydrogen-bond donors (Lipinski definition) is 0. The van der Waals surface area contributed by atoms with Gasteiger partial charge in [0.25, 0.3) is 0 Å². The summed E-state index contributed by atoms with van der Waals surface area (Å²) in [7, 11) is 0. The van der Waals surface area contributed by atoms with Gasteiger partial charge < -0.3 is 23.7 Å². The predicted octanol–water partition coefficient (Wildman–Crippen LogP) is 1.65. The van der Waals surface area contributed by atoms with Crippen molar-refractivity contribution in [1.82, 2.24) is 0 Å². The van der Waals surface area contributed by atoms with Crippen LogP contribution in [0.4, 0.5) is 0 Å². The summed E-state index contributed by atoms with van der Waals surface area (Å²) in [6.45, 7) is 4.75. The molecule has 1 aromatic carbocycles. The summed E-state index contributed by atoms with van der Waals surface area (Å²) in [5, 5.41) is 0. The van der Waals surface area contributed by atoms with Gasteiger partial charge in [-0.05, 0) is 26.0 Å². The molecule has 0 saturated carbocycles. The standard InChI is InChI=1S/C17H20O7/c1-10(18)21-13-12(22-16-14(13)23-17(2,3)24-16)9-20-15(19)11-7-5-4-6-8-11/h4-8,12-14,16H,9H2,1-3H3. The minimum Gasteiger partial charge on any atom is -0.459 e. The second-order valence-corrected chi connectivity index (χ2v) is 6.18. The van der Waals surface area contributed by atoms with Crippen LogP contribution < -0.4 is 0 Å². The van der Waals surface area contributed by atoms with Crippen LogP contribution in [0.3, 0.4) is 0 Å². The number of rotatable bonds is 4. The Morgan fingerprint density at radius 3 is 2.54 bits per heavy atom. The van der Waals surface area contributed by atoms with Gasteiger partial charge in [0.2, 0.25) is 0 Å². The van der Waals surface area contributed by atoms with Gasteiger partial charge in [-0.15, -0.1) is 0 Å². The molecule has 0 aliphatic carbocycles. The first-order valence-corrected chi connectivity index (χ1v) is 7.76. The van der Waals surface area contributed by atoms with Gasteiger partial charge in [0.05, 0.1) is 5.56 Å². The van der Waals surface area contributed by atoms with Crippen molar-refractivity contribution in [3.05, 3.63) is 35.9 Å². The lowest BCUT2D eigenvalue weighted by Crippen LogP contribution is -2.40. The van der Waals surface area contributed by atoms with Gasteiger partial charge in [-0.25, -0.2) is 4.79 Å². The first-order valence-electron chi connectivity index (χ1n) is 7.76. The van der Waals surface area contributed by atoms with Crippen molar-refractivity contribution >= 4 is 11.9 Å². The van der Waals surface area contributed by atoms with Crippen molar-refractivity contribution in [2.75, 3.05) is 6.61 Å². The smallest absolute Gasteiger partial charge is 0.338 e. The Balaban J connectivity index is 1.64. The van der Waals surface area contributed by atoms with Crippen molar-refractivity contribution in [2.24, 2.45) is 0 Å². The Labute approximate surface area is 139 Å².